The number of amides is 2. The third-order valence-corrected chi connectivity index (χ3v) is 3.42. The minimum Gasteiger partial charge on any atom is -0.507 e. The van der Waals surface area contributed by atoms with E-state index in [4.69, 9.17) is 4.74 Å². The number of carbonyl (C=O) groups excluding carboxylic acids is 2. The van der Waals surface area contributed by atoms with Gasteiger partial charge in [-0.3, -0.25) is 20.4 Å². The zero-order chi connectivity index (χ0) is 18.2. The topological polar surface area (TPSA) is 108 Å². The Hall–Kier alpha value is -3.22. The highest BCUT2D eigenvalue weighted by atomic mass is 16.5. The predicted molar refractivity (Wildman–Crippen MR) is 91.5 cm³/mol. The summed E-state index contributed by atoms with van der Waals surface area (Å²) in [7, 11) is 0. The molecule has 0 aromatic heterocycles. The number of hydrogen-bond donors (Lipinski definition) is 4. The van der Waals surface area contributed by atoms with Gasteiger partial charge in [-0.15, -0.1) is 0 Å². The molecule has 0 heterocycles. The van der Waals surface area contributed by atoms with E-state index < -0.39 is 11.8 Å². The average molecular weight is 344 g/mol. The summed E-state index contributed by atoms with van der Waals surface area (Å²) in [5, 5.41) is 19.5. The Balaban J connectivity index is 2.01. The predicted octanol–water partition coefficient (Wildman–Crippen LogP) is 2.35. The lowest BCUT2D eigenvalue weighted by Crippen LogP contribution is -2.41. The molecule has 0 aliphatic heterocycles. The molecule has 0 unspecified atom stereocenters. The fourth-order valence-electron chi connectivity index (χ4n) is 2.04. The van der Waals surface area contributed by atoms with Gasteiger partial charge in [-0.2, -0.15) is 0 Å². The first-order valence-corrected chi connectivity index (χ1v) is 7.87. The molecule has 7 nitrogen and oxygen atoms in total. The summed E-state index contributed by atoms with van der Waals surface area (Å²) in [5.74, 6) is -1.38. The second-order valence-corrected chi connectivity index (χ2v) is 5.31. The standard InChI is InChI=1S/C18H20N2O5/c1-2-3-10-25-12-8-9-16(22)14(11-12)18(24)20-19-17(23)13-6-4-5-7-15(13)21/h4-9,11,21-22H,2-3,10H2,1H3,(H,19,23)(H,20,24). The molecule has 2 aromatic carbocycles. The van der Waals surface area contributed by atoms with Crippen molar-refractivity contribution in [3.63, 3.8) is 0 Å². The Bertz CT molecular complexity index is 761. The Morgan fingerprint density at radius 1 is 0.960 bits per heavy atom. The number of para-hydroxylation sites is 1. The van der Waals surface area contributed by atoms with Crippen LogP contribution in [0.2, 0.25) is 0 Å². The summed E-state index contributed by atoms with van der Waals surface area (Å²) in [5.41, 5.74) is 4.36. The Labute approximate surface area is 145 Å². The molecular weight excluding hydrogens is 324 g/mol. The highest BCUT2D eigenvalue weighted by molar-refractivity contribution is 6.01. The molecule has 0 saturated carbocycles. The highest BCUT2D eigenvalue weighted by Crippen LogP contribution is 2.23. The first-order chi connectivity index (χ1) is 12.0. The van der Waals surface area contributed by atoms with Crippen molar-refractivity contribution < 1.29 is 24.5 Å². The third-order valence-electron chi connectivity index (χ3n) is 3.42. The van der Waals surface area contributed by atoms with Gasteiger partial charge in [-0.05, 0) is 36.8 Å². The summed E-state index contributed by atoms with van der Waals surface area (Å²) in [6.45, 7) is 2.54. The fourth-order valence-corrected chi connectivity index (χ4v) is 2.04. The SMILES string of the molecule is CCCCOc1ccc(O)c(C(=O)NNC(=O)c2ccccc2O)c1. The van der Waals surface area contributed by atoms with Gasteiger partial charge in [0.1, 0.15) is 17.2 Å². The number of rotatable bonds is 6. The molecule has 2 amide bonds. The smallest absolute Gasteiger partial charge is 0.273 e. The van der Waals surface area contributed by atoms with Crippen molar-refractivity contribution in [1.29, 1.82) is 0 Å². The maximum absolute atomic E-state index is 12.2. The lowest BCUT2D eigenvalue weighted by molar-refractivity contribution is 0.0843. The van der Waals surface area contributed by atoms with E-state index in [1.165, 1.54) is 24.3 Å². The largest absolute Gasteiger partial charge is 0.507 e. The monoisotopic (exact) mass is 344 g/mol. The number of hydrazine groups is 1. The van der Waals surface area contributed by atoms with Crippen LogP contribution < -0.4 is 15.6 Å². The number of benzene rings is 2. The molecule has 7 heteroatoms. The minimum absolute atomic E-state index is 0.0173. The third kappa shape index (κ3) is 4.87. The fraction of sp³-hybridized carbons (Fsp3) is 0.222. The van der Waals surface area contributed by atoms with E-state index in [0.29, 0.717) is 12.4 Å². The van der Waals surface area contributed by atoms with E-state index >= 15 is 0 Å². The van der Waals surface area contributed by atoms with Crippen LogP contribution in [0.15, 0.2) is 42.5 Å². The zero-order valence-corrected chi connectivity index (χ0v) is 13.8. The van der Waals surface area contributed by atoms with E-state index in [2.05, 4.69) is 10.9 Å². The Morgan fingerprint density at radius 3 is 2.28 bits per heavy atom. The summed E-state index contributed by atoms with van der Waals surface area (Å²) in [6.07, 6.45) is 1.85. The van der Waals surface area contributed by atoms with E-state index in [1.54, 1.807) is 18.2 Å². The van der Waals surface area contributed by atoms with Crippen LogP contribution in [0.3, 0.4) is 0 Å². The Kier molecular flexibility index (Phi) is 6.22. The van der Waals surface area contributed by atoms with Crippen molar-refractivity contribution in [3.05, 3.63) is 53.6 Å². The van der Waals surface area contributed by atoms with E-state index in [9.17, 15) is 19.8 Å². The van der Waals surface area contributed by atoms with Crippen LogP contribution in [0.5, 0.6) is 17.2 Å². The molecule has 0 fully saturated rings. The number of phenols is 2. The molecular formula is C18H20N2O5. The second kappa shape index (κ2) is 8.58. The van der Waals surface area contributed by atoms with E-state index in [0.717, 1.165) is 12.8 Å². The lowest BCUT2D eigenvalue weighted by Gasteiger charge is -2.11. The molecule has 0 aliphatic rings. The van der Waals surface area contributed by atoms with Crippen molar-refractivity contribution in [3.8, 4) is 17.2 Å². The average Bonchev–Trinajstić information content (AvgIpc) is 2.61. The maximum atomic E-state index is 12.2. The minimum atomic E-state index is -0.706. The lowest BCUT2D eigenvalue weighted by atomic mass is 10.2. The molecule has 0 radical (unpaired) electrons. The molecule has 0 aliphatic carbocycles. The van der Waals surface area contributed by atoms with Crippen molar-refractivity contribution in [2.75, 3.05) is 6.61 Å². The van der Waals surface area contributed by atoms with E-state index in [-0.39, 0.29) is 22.6 Å². The number of ether oxygens (including phenoxy) is 1. The summed E-state index contributed by atoms with van der Waals surface area (Å²) in [4.78, 5) is 24.1. The van der Waals surface area contributed by atoms with Gasteiger partial charge in [0.2, 0.25) is 0 Å². The molecule has 0 saturated heterocycles. The first-order valence-electron chi connectivity index (χ1n) is 7.87. The maximum Gasteiger partial charge on any atom is 0.273 e. The highest BCUT2D eigenvalue weighted by Gasteiger charge is 2.15. The number of phenolic OH excluding ortho intramolecular Hbond substituents is 2. The summed E-state index contributed by atoms with van der Waals surface area (Å²) in [6, 6.07) is 10.2. The van der Waals surface area contributed by atoms with Gasteiger partial charge in [-0.25, -0.2) is 0 Å². The number of carbonyl (C=O) groups is 2. The van der Waals surface area contributed by atoms with Gasteiger partial charge < -0.3 is 14.9 Å². The molecule has 0 atom stereocenters. The van der Waals surface area contributed by atoms with Gasteiger partial charge >= 0.3 is 0 Å². The normalized spacial score (nSPS) is 10.1. The first kappa shape index (κ1) is 18.1. The summed E-state index contributed by atoms with van der Waals surface area (Å²) >= 11 is 0. The van der Waals surface area contributed by atoms with Crippen molar-refractivity contribution in [1.82, 2.24) is 10.9 Å². The van der Waals surface area contributed by atoms with Crippen LogP contribution in [0.1, 0.15) is 40.5 Å². The van der Waals surface area contributed by atoms with Crippen LogP contribution >= 0.6 is 0 Å². The number of hydrogen-bond acceptors (Lipinski definition) is 5. The van der Waals surface area contributed by atoms with Crippen molar-refractivity contribution >= 4 is 11.8 Å². The quantitative estimate of drug-likeness (QED) is 0.475. The zero-order valence-electron chi connectivity index (χ0n) is 13.8. The molecule has 2 aromatic rings. The van der Waals surface area contributed by atoms with Crippen LogP contribution in [0.4, 0.5) is 0 Å². The van der Waals surface area contributed by atoms with Gasteiger partial charge in [0.05, 0.1) is 17.7 Å². The van der Waals surface area contributed by atoms with Crippen LogP contribution in [0.25, 0.3) is 0 Å². The Morgan fingerprint density at radius 2 is 1.60 bits per heavy atom. The van der Waals surface area contributed by atoms with Gasteiger partial charge in [0, 0.05) is 0 Å². The van der Waals surface area contributed by atoms with Crippen molar-refractivity contribution in [2.24, 2.45) is 0 Å². The van der Waals surface area contributed by atoms with Crippen LogP contribution in [0, 0.1) is 0 Å². The molecule has 0 spiro atoms. The van der Waals surface area contributed by atoms with Crippen LogP contribution in [-0.4, -0.2) is 28.6 Å². The molecule has 25 heavy (non-hydrogen) atoms. The number of unbranched alkanes of at least 4 members (excludes halogenated alkanes) is 1. The second-order valence-electron chi connectivity index (χ2n) is 5.31. The van der Waals surface area contributed by atoms with Crippen molar-refractivity contribution in [2.45, 2.75) is 19.8 Å². The van der Waals surface area contributed by atoms with Crippen LogP contribution in [-0.2, 0) is 0 Å². The van der Waals surface area contributed by atoms with Gasteiger partial charge in [0.25, 0.3) is 11.8 Å². The van der Waals surface area contributed by atoms with Gasteiger partial charge in [0.15, 0.2) is 0 Å². The van der Waals surface area contributed by atoms with E-state index in [1.807, 2.05) is 6.92 Å². The van der Waals surface area contributed by atoms with Gasteiger partial charge in [-0.1, -0.05) is 25.5 Å². The summed E-state index contributed by atoms with van der Waals surface area (Å²) < 4.78 is 5.49. The number of nitrogens with one attached hydrogen (secondary N) is 2. The molecule has 132 valence electrons. The molecule has 0 bridgehead atoms. The number of aromatic hydroxyl groups is 2. The molecule has 2 rings (SSSR count). The molecule has 4 N–H and O–H groups in total.